The number of hydrogen-bond donors (Lipinski definition) is 3. The summed E-state index contributed by atoms with van der Waals surface area (Å²) in [6, 6.07) is 3.23. The van der Waals surface area contributed by atoms with Crippen molar-refractivity contribution in [1.29, 1.82) is 0 Å². The van der Waals surface area contributed by atoms with Crippen molar-refractivity contribution >= 4 is 17.7 Å². The Morgan fingerprint density at radius 2 is 1.96 bits per heavy atom. The number of aliphatic hydroxyl groups excluding tert-OH is 2. The first kappa shape index (κ1) is 19.4. The van der Waals surface area contributed by atoms with Gasteiger partial charge in [0.1, 0.15) is 24.7 Å². The second-order valence-corrected chi connectivity index (χ2v) is 5.43. The van der Waals surface area contributed by atoms with Gasteiger partial charge in [-0.1, -0.05) is 0 Å². The van der Waals surface area contributed by atoms with E-state index in [1.54, 1.807) is 19.1 Å². The number of anilines is 1. The highest BCUT2D eigenvalue weighted by Gasteiger charge is 2.21. The van der Waals surface area contributed by atoms with Crippen LogP contribution in [0.2, 0.25) is 0 Å². The number of rotatable bonds is 6. The van der Waals surface area contributed by atoms with Gasteiger partial charge in [-0.15, -0.1) is 0 Å². The maximum atomic E-state index is 12.2. The molecule has 1 heterocycles. The molecule has 4 N–H and O–H groups in total. The van der Waals surface area contributed by atoms with Gasteiger partial charge in [-0.2, -0.15) is 0 Å². The molecule has 1 aliphatic heterocycles. The van der Waals surface area contributed by atoms with Crippen LogP contribution in [-0.4, -0.2) is 43.1 Å². The monoisotopic (exact) mass is 363 g/mol. The minimum atomic E-state index is -1.19. The first-order chi connectivity index (χ1) is 12.4. The third-order valence-corrected chi connectivity index (χ3v) is 3.61. The van der Waals surface area contributed by atoms with Crippen molar-refractivity contribution in [3.05, 3.63) is 47.1 Å². The highest BCUT2D eigenvalue weighted by molar-refractivity contribution is 5.94. The largest absolute Gasteiger partial charge is 0.493 e. The summed E-state index contributed by atoms with van der Waals surface area (Å²) >= 11 is 0. The number of ether oxygens (including phenoxy) is 4. The Bertz CT molecular complexity index is 780. The van der Waals surface area contributed by atoms with Gasteiger partial charge in [-0.05, 0) is 25.1 Å². The molecule has 1 aromatic carbocycles. The Morgan fingerprint density at radius 1 is 1.31 bits per heavy atom. The molecule has 2 rings (SSSR count). The lowest BCUT2D eigenvalue weighted by Crippen LogP contribution is -2.19. The van der Waals surface area contributed by atoms with E-state index in [-0.39, 0.29) is 23.7 Å². The molecule has 8 nitrogen and oxygen atoms in total. The predicted octanol–water partition coefficient (Wildman–Crippen LogP) is 1.34. The predicted molar refractivity (Wildman–Crippen MR) is 94.0 cm³/mol. The average molecular weight is 363 g/mol. The molecule has 26 heavy (non-hydrogen) atoms. The molecule has 0 amide bonds. The van der Waals surface area contributed by atoms with Gasteiger partial charge >= 0.3 is 5.97 Å². The fraction of sp³-hybridized carbons (Fsp3) is 0.278. The van der Waals surface area contributed by atoms with Crippen molar-refractivity contribution in [2.24, 2.45) is 0 Å². The number of carbonyl (C=O) groups is 1. The van der Waals surface area contributed by atoms with Crippen LogP contribution in [0.5, 0.6) is 11.5 Å². The number of aliphatic hydroxyl groups is 2. The number of benzene rings is 1. The summed E-state index contributed by atoms with van der Waals surface area (Å²) in [6.07, 6.45) is 2.67. The molecule has 0 fully saturated rings. The van der Waals surface area contributed by atoms with Crippen LogP contribution in [0.3, 0.4) is 0 Å². The highest BCUT2D eigenvalue weighted by atomic mass is 16.6. The van der Waals surface area contributed by atoms with Crippen LogP contribution in [0.4, 0.5) is 5.69 Å². The molecule has 140 valence electrons. The molecular weight excluding hydrogens is 342 g/mol. The zero-order chi connectivity index (χ0) is 19.3. The van der Waals surface area contributed by atoms with Crippen molar-refractivity contribution in [2.75, 3.05) is 26.6 Å². The Kier molecular flexibility index (Phi) is 6.26. The molecule has 1 atom stereocenters. The van der Waals surface area contributed by atoms with Crippen LogP contribution in [0.15, 0.2) is 41.6 Å². The average Bonchev–Trinajstić information content (AvgIpc) is 2.64. The third-order valence-electron chi connectivity index (χ3n) is 3.61. The molecule has 0 saturated heterocycles. The quantitative estimate of drug-likeness (QED) is 0.393. The summed E-state index contributed by atoms with van der Waals surface area (Å²) in [5, 5.41) is 18.8. The smallest absolute Gasteiger partial charge is 0.339 e. The van der Waals surface area contributed by atoms with Gasteiger partial charge in [0.2, 0.25) is 0 Å². The Balaban J connectivity index is 2.17. The minimum absolute atomic E-state index is 0.0831. The Morgan fingerprint density at radius 3 is 2.54 bits per heavy atom. The van der Waals surface area contributed by atoms with Crippen molar-refractivity contribution in [2.45, 2.75) is 13.0 Å². The van der Waals surface area contributed by atoms with E-state index in [1.165, 1.54) is 26.4 Å². The molecule has 0 bridgehead atoms. The van der Waals surface area contributed by atoms with E-state index >= 15 is 0 Å². The number of nitrogen functional groups attached to an aromatic ring is 1. The first-order valence-corrected chi connectivity index (χ1v) is 7.68. The molecule has 1 aliphatic rings. The van der Waals surface area contributed by atoms with Crippen LogP contribution in [0, 0.1) is 0 Å². The van der Waals surface area contributed by atoms with Gasteiger partial charge in [-0.3, -0.25) is 0 Å². The van der Waals surface area contributed by atoms with Crippen molar-refractivity contribution in [1.82, 2.24) is 0 Å². The summed E-state index contributed by atoms with van der Waals surface area (Å²) in [6.45, 7) is 1.18. The highest BCUT2D eigenvalue weighted by Crippen LogP contribution is 2.33. The molecule has 0 aliphatic carbocycles. The fourth-order valence-corrected chi connectivity index (χ4v) is 2.19. The van der Waals surface area contributed by atoms with Crippen molar-refractivity contribution in [3.8, 4) is 11.5 Å². The standard InChI is InChI=1S/C18H21NO7/c1-10(4-11-5-15(23-2)16(24-3)7-13(11)19)18(22)26-17-9-25-12(8-20)6-14(17)21/h4-7,9,14,20-21H,8,19H2,1-3H3. The van der Waals surface area contributed by atoms with E-state index in [2.05, 4.69) is 0 Å². The molecule has 0 radical (unpaired) electrons. The van der Waals surface area contributed by atoms with Crippen LogP contribution in [0.25, 0.3) is 6.08 Å². The van der Waals surface area contributed by atoms with E-state index in [9.17, 15) is 9.90 Å². The molecule has 0 spiro atoms. The fourth-order valence-electron chi connectivity index (χ4n) is 2.19. The SMILES string of the molecule is COc1cc(N)c(C=C(C)C(=O)OC2=COC(CO)=CC2O)cc1OC. The first-order valence-electron chi connectivity index (χ1n) is 7.68. The molecule has 0 aromatic heterocycles. The van der Waals surface area contributed by atoms with Crippen LogP contribution >= 0.6 is 0 Å². The zero-order valence-corrected chi connectivity index (χ0v) is 14.7. The van der Waals surface area contributed by atoms with Crippen molar-refractivity contribution < 1.29 is 34.0 Å². The molecular formula is C18H21NO7. The van der Waals surface area contributed by atoms with Crippen molar-refractivity contribution in [3.63, 3.8) is 0 Å². The Hall–Kier alpha value is -2.97. The summed E-state index contributed by atoms with van der Waals surface area (Å²) in [7, 11) is 2.99. The maximum absolute atomic E-state index is 12.2. The summed E-state index contributed by atoms with van der Waals surface area (Å²) in [5.41, 5.74) is 7.16. The second-order valence-electron chi connectivity index (χ2n) is 5.43. The second kappa shape index (κ2) is 8.41. The summed E-state index contributed by atoms with van der Waals surface area (Å²) < 4.78 is 20.5. The topological polar surface area (TPSA) is 120 Å². The van der Waals surface area contributed by atoms with Gasteiger partial charge in [0.15, 0.2) is 17.3 Å². The normalized spacial score (nSPS) is 17.0. The lowest BCUT2D eigenvalue weighted by molar-refractivity contribution is -0.136. The zero-order valence-electron chi connectivity index (χ0n) is 14.7. The minimum Gasteiger partial charge on any atom is -0.493 e. The molecule has 1 unspecified atom stereocenters. The molecule has 8 heteroatoms. The number of hydrogen-bond acceptors (Lipinski definition) is 8. The Labute approximate surface area is 150 Å². The van der Waals surface area contributed by atoms with E-state index in [4.69, 9.17) is 29.8 Å². The maximum Gasteiger partial charge on any atom is 0.339 e. The van der Waals surface area contributed by atoms with E-state index < -0.39 is 12.1 Å². The molecule has 0 saturated carbocycles. The van der Waals surface area contributed by atoms with E-state index in [0.717, 1.165) is 6.26 Å². The van der Waals surface area contributed by atoms with E-state index in [1.807, 2.05) is 0 Å². The van der Waals surface area contributed by atoms with E-state index in [0.29, 0.717) is 22.7 Å². The van der Waals surface area contributed by atoms with Gasteiger partial charge in [0, 0.05) is 22.9 Å². The number of nitrogens with two attached hydrogens (primary N) is 1. The lowest BCUT2D eigenvalue weighted by atomic mass is 10.1. The van der Waals surface area contributed by atoms with Gasteiger partial charge in [0.25, 0.3) is 0 Å². The number of esters is 1. The van der Waals surface area contributed by atoms with Gasteiger partial charge in [-0.25, -0.2) is 4.79 Å². The van der Waals surface area contributed by atoms with Crippen LogP contribution < -0.4 is 15.2 Å². The van der Waals surface area contributed by atoms with Crippen LogP contribution in [-0.2, 0) is 14.3 Å². The van der Waals surface area contributed by atoms with Gasteiger partial charge in [0.05, 0.1) is 14.2 Å². The number of carbonyl (C=O) groups excluding carboxylic acids is 1. The number of methoxy groups -OCH3 is 2. The summed E-state index contributed by atoms with van der Waals surface area (Å²) in [4.78, 5) is 12.2. The third kappa shape index (κ3) is 4.35. The lowest BCUT2D eigenvalue weighted by Gasteiger charge is -2.18. The van der Waals surface area contributed by atoms with Crippen LogP contribution in [0.1, 0.15) is 12.5 Å². The van der Waals surface area contributed by atoms with Gasteiger partial charge < -0.3 is 34.9 Å². The molecule has 1 aromatic rings. The summed E-state index contributed by atoms with van der Waals surface area (Å²) in [5.74, 6) is 0.341.